The van der Waals surface area contributed by atoms with E-state index < -0.39 is 0 Å². The number of hydrogen-bond acceptors (Lipinski definition) is 2. The van der Waals surface area contributed by atoms with Gasteiger partial charge in [-0.1, -0.05) is 146 Å². The van der Waals surface area contributed by atoms with Gasteiger partial charge in [0.2, 0.25) is 0 Å². The van der Waals surface area contributed by atoms with E-state index in [1.807, 2.05) is 0 Å². The van der Waals surface area contributed by atoms with Crippen molar-refractivity contribution in [2.24, 2.45) is 5.92 Å². The maximum Gasteiger partial charge on any atom is 0.169 e. The summed E-state index contributed by atoms with van der Waals surface area (Å²) in [5.74, 6) is 0.494. The van der Waals surface area contributed by atoms with Crippen LogP contribution in [0.4, 0.5) is 0 Å². The standard InChI is InChI=1S/C44H78O2/c1-4-6-8-10-12-14-16-18-20-22-24-26-28-30-32-34-38-44(45-42-37-36-41(3)40-43(42)46-44)39-35-33-31-29-27-25-23-21-19-17-15-13-11-9-7-5-2/h12-15,18-21,41-43H,4-11,16-17,22-40H2,1-3H3/b14-12-,15-13-,20-18-,21-19-/t41-,42+,43-/m0/s1. The largest absolute Gasteiger partial charge is 0.344 e. The van der Waals surface area contributed by atoms with E-state index in [1.165, 1.54) is 161 Å². The first-order chi connectivity index (χ1) is 22.7. The first kappa shape index (κ1) is 41.1. The Morgan fingerprint density at radius 2 is 0.848 bits per heavy atom. The summed E-state index contributed by atoms with van der Waals surface area (Å²) in [5.41, 5.74) is 0. The summed E-state index contributed by atoms with van der Waals surface area (Å²) in [7, 11) is 0. The Bertz CT molecular complexity index is 744. The normalized spacial score (nSPS) is 21.5. The summed E-state index contributed by atoms with van der Waals surface area (Å²) in [6, 6.07) is 0. The summed E-state index contributed by atoms with van der Waals surface area (Å²) in [4.78, 5) is 0. The molecule has 1 aliphatic heterocycles. The fraction of sp³-hybridized carbons (Fsp3) is 0.818. The Kier molecular flexibility index (Phi) is 25.7. The zero-order valence-electron chi connectivity index (χ0n) is 31.2. The molecule has 2 heteroatoms. The fourth-order valence-corrected chi connectivity index (χ4v) is 7.27. The zero-order valence-corrected chi connectivity index (χ0v) is 31.2. The number of allylic oxidation sites excluding steroid dienone is 8. The molecule has 0 unspecified atom stereocenters. The van der Waals surface area contributed by atoms with Crippen molar-refractivity contribution in [2.75, 3.05) is 0 Å². The van der Waals surface area contributed by atoms with Gasteiger partial charge in [-0.05, 0) is 102 Å². The molecular weight excluding hydrogens is 560 g/mol. The second-order valence-electron chi connectivity index (χ2n) is 14.8. The molecule has 1 saturated carbocycles. The molecule has 2 aliphatic rings. The predicted molar refractivity (Wildman–Crippen MR) is 203 cm³/mol. The topological polar surface area (TPSA) is 18.5 Å². The van der Waals surface area contributed by atoms with Crippen LogP contribution < -0.4 is 0 Å². The summed E-state index contributed by atoms with van der Waals surface area (Å²) in [5, 5.41) is 0. The Hall–Kier alpha value is -1.12. The molecule has 2 rings (SSSR count). The van der Waals surface area contributed by atoms with Gasteiger partial charge < -0.3 is 9.47 Å². The number of ether oxygens (including phenoxy) is 2. The molecule has 0 aromatic rings. The maximum absolute atomic E-state index is 6.82. The Morgan fingerprint density at radius 3 is 1.30 bits per heavy atom. The summed E-state index contributed by atoms with van der Waals surface area (Å²) in [6.07, 6.45) is 56.7. The van der Waals surface area contributed by atoms with Crippen LogP contribution in [-0.4, -0.2) is 18.0 Å². The van der Waals surface area contributed by atoms with E-state index in [1.54, 1.807) is 0 Å². The van der Waals surface area contributed by atoms with Crippen LogP contribution in [0.15, 0.2) is 48.6 Å². The number of unbranched alkanes of at least 4 members (excludes halogenated alkanes) is 18. The first-order valence-electron chi connectivity index (χ1n) is 20.6. The molecule has 1 aliphatic carbocycles. The highest BCUT2D eigenvalue weighted by molar-refractivity contribution is 4.94. The van der Waals surface area contributed by atoms with Crippen LogP contribution in [0.3, 0.4) is 0 Å². The fourth-order valence-electron chi connectivity index (χ4n) is 7.27. The van der Waals surface area contributed by atoms with Gasteiger partial charge in [-0.3, -0.25) is 0 Å². The van der Waals surface area contributed by atoms with Crippen LogP contribution in [0.2, 0.25) is 0 Å². The summed E-state index contributed by atoms with van der Waals surface area (Å²) >= 11 is 0. The van der Waals surface area contributed by atoms with E-state index in [4.69, 9.17) is 9.47 Å². The van der Waals surface area contributed by atoms with Crippen LogP contribution in [-0.2, 0) is 9.47 Å². The molecule has 46 heavy (non-hydrogen) atoms. The van der Waals surface area contributed by atoms with Gasteiger partial charge in [0.05, 0.1) is 12.2 Å². The number of fused-ring (bicyclic) bond motifs is 1. The van der Waals surface area contributed by atoms with Gasteiger partial charge in [0.25, 0.3) is 0 Å². The SMILES string of the molecule is CCCCC/C=C\C/C=C\CCCCCCCCC1(CCCCCCCC/C=C\C/C=C\CCCCC)O[C@H]2C[C@@H](C)CC[C@H]2O1. The van der Waals surface area contributed by atoms with Gasteiger partial charge in [0, 0.05) is 12.8 Å². The van der Waals surface area contributed by atoms with Gasteiger partial charge in [-0.2, -0.15) is 0 Å². The quantitative estimate of drug-likeness (QED) is 0.0575. The Labute approximate surface area is 288 Å². The van der Waals surface area contributed by atoms with Crippen molar-refractivity contribution < 1.29 is 9.47 Å². The van der Waals surface area contributed by atoms with Crippen molar-refractivity contribution in [1.29, 1.82) is 0 Å². The van der Waals surface area contributed by atoms with Crippen LogP contribution in [0.5, 0.6) is 0 Å². The van der Waals surface area contributed by atoms with E-state index in [-0.39, 0.29) is 5.79 Å². The average Bonchev–Trinajstić information content (AvgIpc) is 3.41. The van der Waals surface area contributed by atoms with E-state index in [0.29, 0.717) is 12.2 Å². The van der Waals surface area contributed by atoms with Crippen LogP contribution in [0, 0.1) is 5.92 Å². The third-order valence-corrected chi connectivity index (χ3v) is 10.2. The maximum atomic E-state index is 6.82. The van der Waals surface area contributed by atoms with Crippen LogP contribution >= 0.6 is 0 Å². The molecular formula is C44H78O2. The third-order valence-electron chi connectivity index (χ3n) is 10.2. The molecule has 0 bridgehead atoms. The zero-order chi connectivity index (χ0) is 32.8. The van der Waals surface area contributed by atoms with Gasteiger partial charge in [-0.15, -0.1) is 0 Å². The Morgan fingerprint density at radius 1 is 0.457 bits per heavy atom. The Balaban J connectivity index is 1.53. The lowest BCUT2D eigenvalue weighted by Gasteiger charge is -2.28. The lowest BCUT2D eigenvalue weighted by atomic mass is 9.87. The first-order valence-corrected chi connectivity index (χ1v) is 20.6. The minimum absolute atomic E-state index is 0.288. The minimum atomic E-state index is -0.288. The second-order valence-corrected chi connectivity index (χ2v) is 14.8. The van der Waals surface area contributed by atoms with Crippen molar-refractivity contribution >= 4 is 0 Å². The van der Waals surface area contributed by atoms with Crippen molar-refractivity contribution in [2.45, 2.75) is 225 Å². The van der Waals surface area contributed by atoms with E-state index in [9.17, 15) is 0 Å². The lowest BCUT2D eigenvalue weighted by molar-refractivity contribution is -0.186. The molecule has 1 heterocycles. The van der Waals surface area contributed by atoms with Gasteiger partial charge in [-0.25, -0.2) is 0 Å². The minimum Gasteiger partial charge on any atom is -0.344 e. The van der Waals surface area contributed by atoms with Crippen molar-refractivity contribution in [3.63, 3.8) is 0 Å². The molecule has 0 radical (unpaired) electrons. The number of rotatable bonds is 30. The number of hydrogen-bond donors (Lipinski definition) is 0. The molecule has 0 aromatic heterocycles. The third kappa shape index (κ3) is 21.0. The molecule has 0 aromatic carbocycles. The smallest absolute Gasteiger partial charge is 0.169 e. The monoisotopic (exact) mass is 639 g/mol. The second kappa shape index (κ2) is 28.9. The van der Waals surface area contributed by atoms with Crippen molar-refractivity contribution in [3.05, 3.63) is 48.6 Å². The summed E-state index contributed by atoms with van der Waals surface area (Å²) < 4.78 is 13.6. The van der Waals surface area contributed by atoms with E-state index >= 15 is 0 Å². The van der Waals surface area contributed by atoms with E-state index in [0.717, 1.165) is 31.6 Å². The lowest BCUT2D eigenvalue weighted by Crippen LogP contribution is -2.31. The highest BCUT2D eigenvalue weighted by Gasteiger charge is 2.48. The molecule has 266 valence electrons. The average molecular weight is 639 g/mol. The molecule has 3 atom stereocenters. The molecule has 2 nitrogen and oxygen atoms in total. The molecule has 1 saturated heterocycles. The van der Waals surface area contributed by atoms with Gasteiger partial charge in [0.15, 0.2) is 5.79 Å². The van der Waals surface area contributed by atoms with Crippen molar-refractivity contribution in [1.82, 2.24) is 0 Å². The van der Waals surface area contributed by atoms with Crippen LogP contribution in [0.1, 0.15) is 207 Å². The predicted octanol–water partition coefficient (Wildman–Crippen LogP) is 14.7. The molecule has 0 N–H and O–H groups in total. The molecule has 0 amide bonds. The van der Waals surface area contributed by atoms with Crippen LogP contribution in [0.25, 0.3) is 0 Å². The highest BCUT2D eigenvalue weighted by atomic mass is 16.8. The van der Waals surface area contributed by atoms with E-state index in [2.05, 4.69) is 69.4 Å². The van der Waals surface area contributed by atoms with Crippen molar-refractivity contribution in [3.8, 4) is 0 Å². The molecule has 0 spiro atoms. The van der Waals surface area contributed by atoms with Gasteiger partial charge >= 0.3 is 0 Å². The summed E-state index contributed by atoms with van der Waals surface area (Å²) in [6.45, 7) is 6.94. The molecule has 2 fully saturated rings. The highest BCUT2D eigenvalue weighted by Crippen LogP contribution is 2.44. The van der Waals surface area contributed by atoms with Gasteiger partial charge in [0.1, 0.15) is 0 Å².